The quantitative estimate of drug-likeness (QED) is 0.0261. The lowest BCUT2D eigenvalue weighted by Gasteiger charge is -2.40. The Morgan fingerprint density at radius 3 is 1.08 bits per heavy atom. The molecule has 7 atom stereocenters. The summed E-state index contributed by atoms with van der Waals surface area (Å²) in [6, 6.07) is -0.800. The second-order valence-electron chi connectivity index (χ2n) is 22.6. The number of ether oxygens (including phenoxy) is 2. The molecule has 0 aliphatic carbocycles. The average Bonchev–Trinajstić information content (AvgIpc) is 3.38. The third-order valence-electron chi connectivity index (χ3n) is 15.6. The number of hydrogen-bond donors (Lipinski definition) is 6. The molecule has 1 aliphatic heterocycles. The highest BCUT2D eigenvalue weighted by molar-refractivity contribution is 5.76. The van der Waals surface area contributed by atoms with Crippen LogP contribution in [0, 0.1) is 0 Å². The number of nitrogens with one attached hydrogen (secondary N) is 1. The molecule has 1 aliphatic rings. The van der Waals surface area contributed by atoms with Crippen molar-refractivity contribution in [3.63, 3.8) is 0 Å². The molecular formula is C63H123NO8. The fourth-order valence-electron chi connectivity index (χ4n) is 10.6. The molecule has 1 saturated heterocycles. The van der Waals surface area contributed by atoms with E-state index >= 15 is 0 Å². The molecule has 428 valence electrons. The molecule has 9 heteroatoms. The highest BCUT2D eigenvalue weighted by Gasteiger charge is 2.44. The SMILES string of the molecule is CCCCCCCCCCCCC/C=C/[C@@H](O)[C@H](CO[C@@H]1O[C@H](CO)[C@H](O)C(O)C1O)NC(=O)CCCCCCCCCCCCCCCCCCCCCCCCCCCCCCCCCCCCCC. The summed E-state index contributed by atoms with van der Waals surface area (Å²) in [6.07, 6.45) is 60.4. The van der Waals surface area contributed by atoms with Crippen LogP contribution in [-0.4, -0.2) is 87.5 Å². The van der Waals surface area contributed by atoms with E-state index in [2.05, 4.69) is 19.2 Å². The molecule has 72 heavy (non-hydrogen) atoms. The van der Waals surface area contributed by atoms with Crippen LogP contribution in [0.25, 0.3) is 0 Å². The minimum absolute atomic E-state index is 0.170. The Morgan fingerprint density at radius 2 is 0.764 bits per heavy atom. The van der Waals surface area contributed by atoms with Gasteiger partial charge in [0.05, 0.1) is 25.4 Å². The number of carbonyl (C=O) groups excluding carboxylic acids is 1. The number of rotatable bonds is 56. The predicted octanol–water partition coefficient (Wildman–Crippen LogP) is 16.4. The van der Waals surface area contributed by atoms with Gasteiger partial charge in [-0.2, -0.15) is 0 Å². The first-order chi connectivity index (χ1) is 35.3. The average molecular weight is 1020 g/mol. The van der Waals surface area contributed by atoms with Gasteiger partial charge in [0.1, 0.15) is 24.4 Å². The smallest absolute Gasteiger partial charge is 0.220 e. The Hall–Kier alpha value is -1.07. The summed E-state index contributed by atoms with van der Waals surface area (Å²) in [5.74, 6) is -0.170. The maximum atomic E-state index is 13.0. The number of aliphatic hydroxyl groups excluding tert-OH is 5. The van der Waals surface area contributed by atoms with E-state index < -0.39 is 49.5 Å². The molecule has 1 amide bonds. The first-order valence-corrected chi connectivity index (χ1v) is 31.9. The monoisotopic (exact) mass is 1020 g/mol. The summed E-state index contributed by atoms with van der Waals surface area (Å²) >= 11 is 0. The van der Waals surface area contributed by atoms with Crippen molar-refractivity contribution in [3.05, 3.63) is 12.2 Å². The third-order valence-corrected chi connectivity index (χ3v) is 15.6. The molecule has 2 unspecified atom stereocenters. The molecule has 9 nitrogen and oxygen atoms in total. The first kappa shape index (κ1) is 68.9. The highest BCUT2D eigenvalue weighted by atomic mass is 16.7. The zero-order valence-corrected chi connectivity index (χ0v) is 47.7. The van der Waals surface area contributed by atoms with Crippen molar-refractivity contribution in [2.75, 3.05) is 13.2 Å². The van der Waals surface area contributed by atoms with Crippen LogP contribution < -0.4 is 5.32 Å². The van der Waals surface area contributed by atoms with Gasteiger partial charge < -0.3 is 40.3 Å². The summed E-state index contributed by atoms with van der Waals surface area (Å²) in [5, 5.41) is 54.4. The van der Waals surface area contributed by atoms with E-state index in [0.29, 0.717) is 6.42 Å². The van der Waals surface area contributed by atoms with Crippen LogP contribution in [0.1, 0.15) is 328 Å². The lowest BCUT2D eigenvalue weighted by molar-refractivity contribution is -0.302. The minimum Gasteiger partial charge on any atom is -0.394 e. The standard InChI is InChI=1S/C63H123NO8/c1-3-5-7-9-11-13-15-17-18-19-20-21-22-23-24-25-26-27-28-29-30-31-32-33-34-35-36-37-38-39-41-43-45-47-49-51-53-59(67)64-56(55-71-63-62(70)61(69)60(68)58(54-65)72-63)57(66)52-50-48-46-44-42-40-16-14-12-10-8-6-4-2/h50,52,56-58,60-63,65-66,68-70H,3-49,51,53-55H2,1-2H3,(H,64,67)/b52-50+/t56-,57+,58+,60-,61?,62?,63+/m0/s1. The molecule has 6 N–H and O–H groups in total. The van der Waals surface area contributed by atoms with E-state index in [9.17, 15) is 30.3 Å². The number of aliphatic hydroxyl groups is 5. The molecule has 0 radical (unpaired) electrons. The molecule has 1 fully saturated rings. The molecule has 1 rings (SSSR count). The van der Waals surface area contributed by atoms with Crippen molar-refractivity contribution in [1.82, 2.24) is 5.32 Å². The maximum absolute atomic E-state index is 13.0. The van der Waals surface area contributed by atoms with Crippen LogP contribution in [0.15, 0.2) is 12.2 Å². The van der Waals surface area contributed by atoms with Crippen molar-refractivity contribution in [2.45, 2.75) is 371 Å². The third kappa shape index (κ3) is 42.1. The van der Waals surface area contributed by atoms with E-state index in [0.717, 1.165) is 38.5 Å². The lowest BCUT2D eigenvalue weighted by Crippen LogP contribution is -2.60. The predicted molar refractivity (Wildman–Crippen MR) is 304 cm³/mol. The van der Waals surface area contributed by atoms with Gasteiger partial charge in [-0.3, -0.25) is 4.79 Å². The Bertz CT molecular complexity index is 1140. The second kappa shape index (κ2) is 53.3. The van der Waals surface area contributed by atoms with Crippen molar-refractivity contribution in [3.8, 4) is 0 Å². The van der Waals surface area contributed by atoms with Gasteiger partial charge in [-0.25, -0.2) is 0 Å². The molecule has 0 saturated carbocycles. The molecule has 0 bridgehead atoms. The fourth-order valence-corrected chi connectivity index (χ4v) is 10.6. The number of hydrogen-bond acceptors (Lipinski definition) is 8. The number of unbranched alkanes of at least 4 members (excludes halogenated alkanes) is 46. The van der Waals surface area contributed by atoms with Gasteiger partial charge >= 0.3 is 0 Å². The Labute approximate surface area is 446 Å². The van der Waals surface area contributed by atoms with Gasteiger partial charge in [0.25, 0.3) is 0 Å². The Balaban J connectivity index is 2.03. The topological polar surface area (TPSA) is 149 Å². The van der Waals surface area contributed by atoms with E-state index in [1.807, 2.05) is 6.08 Å². The van der Waals surface area contributed by atoms with Crippen LogP contribution in [0.4, 0.5) is 0 Å². The summed E-state index contributed by atoms with van der Waals surface area (Å²) in [7, 11) is 0. The first-order valence-electron chi connectivity index (χ1n) is 31.9. The summed E-state index contributed by atoms with van der Waals surface area (Å²) in [5.41, 5.74) is 0. The number of carbonyl (C=O) groups is 1. The largest absolute Gasteiger partial charge is 0.394 e. The fraction of sp³-hybridized carbons (Fsp3) is 0.952. The van der Waals surface area contributed by atoms with Gasteiger partial charge in [-0.05, 0) is 19.3 Å². The van der Waals surface area contributed by atoms with Gasteiger partial charge in [0, 0.05) is 6.42 Å². The van der Waals surface area contributed by atoms with Gasteiger partial charge in [0.2, 0.25) is 5.91 Å². The van der Waals surface area contributed by atoms with Crippen molar-refractivity contribution < 1.29 is 39.8 Å². The van der Waals surface area contributed by atoms with Gasteiger partial charge in [-0.1, -0.05) is 315 Å². The summed E-state index contributed by atoms with van der Waals surface area (Å²) in [4.78, 5) is 13.0. The number of allylic oxidation sites excluding steroid dienone is 1. The maximum Gasteiger partial charge on any atom is 0.220 e. The minimum atomic E-state index is -1.56. The van der Waals surface area contributed by atoms with Gasteiger partial charge in [0.15, 0.2) is 6.29 Å². The lowest BCUT2D eigenvalue weighted by atomic mass is 9.99. The van der Waals surface area contributed by atoms with Crippen LogP contribution in [0.2, 0.25) is 0 Å². The molecule has 0 spiro atoms. The molecule has 0 aromatic carbocycles. The van der Waals surface area contributed by atoms with E-state index in [1.165, 1.54) is 270 Å². The van der Waals surface area contributed by atoms with E-state index in [4.69, 9.17) is 9.47 Å². The molecule has 0 aromatic heterocycles. The normalized spacial score (nSPS) is 19.1. The molecule has 0 aromatic rings. The van der Waals surface area contributed by atoms with Crippen LogP contribution in [0.3, 0.4) is 0 Å². The van der Waals surface area contributed by atoms with Crippen LogP contribution in [0.5, 0.6) is 0 Å². The van der Waals surface area contributed by atoms with Crippen molar-refractivity contribution >= 4 is 5.91 Å². The highest BCUT2D eigenvalue weighted by Crippen LogP contribution is 2.23. The van der Waals surface area contributed by atoms with Crippen LogP contribution in [-0.2, 0) is 14.3 Å². The zero-order valence-electron chi connectivity index (χ0n) is 47.7. The van der Waals surface area contributed by atoms with Gasteiger partial charge in [-0.15, -0.1) is 0 Å². The summed E-state index contributed by atoms with van der Waals surface area (Å²) in [6.45, 7) is 3.81. The summed E-state index contributed by atoms with van der Waals surface area (Å²) < 4.78 is 11.3. The van der Waals surface area contributed by atoms with Crippen molar-refractivity contribution in [2.24, 2.45) is 0 Å². The van der Waals surface area contributed by atoms with E-state index in [-0.39, 0.29) is 12.5 Å². The molecular weight excluding hydrogens is 899 g/mol. The van der Waals surface area contributed by atoms with Crippen molar-refractivity contribution in [1.29, 1.82) is 0 Å². The number of amides is 1. The Kier molecular flexibility index (Phi) is 51.1. The second-order valence-corrected chi connectivity index (χ2v) is 22.6. The zero-order chi connectivity index (χ0) is 52.2. The van der Waals surface area contributed by atoms with E-state index in [1.54, 1.807) is 6.08 Å². The molecule has 1 heterocycles. The van der Waals surface area contributed by atoms with Crippen LogP contribution >= 0.6 is 0 Å². The Morgan fingerprint density at radius 1 is 0.458 bits per heavy atom.